The van der Waals surface area contributed by atoms with Gasteiger partial charge in [0.1, 0.15) is 0 Å². The zero-order valence-electron chi connectivity index (χ0n) is 9.36. The lowest BCUT2D eigenvalue weighted by molar-refractivity contribution is -0.137. The number of likely N-dealkylation sites (N-methyl/N-ethyl adjacent to an activating group) is 1. The van der Waals surface area contributed by atoms with Crippen molar-refractivity contribution in [2.75, 3.05) is 13.7 Å². The van der Waals surface area contributed by atoms with E-state index >= 15 is 0 Å². The highest BCUT2D eigenvalue weighted by atomic mass is 16.3. The van der Waals surface area contributed by atoms with Crippen LogP contribution < -0.4 is 5.32 Å². The maximum absolute atomic E-state index is 11.5. The molecule has 1 rings (SSSR count). The summed E-state index contributed by atoms with van der Waals surface area (Å²) in [5.41, 5.74) is 0. The first-order valence-electron chi connectivity index (χ1n) is 5.14. The van der Waals surface area contributed by atoms with Crippen molar-refractivity contribution in [3.8, 4) is 0 Å². The number of nitrogens with zero attached hydrogens (tertiary/aromatic N) is 1. The zero-order valence-corrected chi connectivity index (χ0v) is 9.36. The molecule has 86 valence electrons. The van der Waals surface area contributed by atoms with E-state index in [1.807, 2.05) is 13.8 Å². The van der Waals surface area contributed by atoms with Gasteiger partial charge < -0.3 is 10.4 Å². The van der Waals surface area contributed by atoms with Gasteiger partial charge in [0.05, 0.1) is 12.5 Å². The van der Waals surface area contributed by atoms with Crippen LogP contribution >= 0.6 is 0 Å². The van der Waals surface area contributed by atoms with Gasteiger partial charge in [0, 0.05) is 19.7 Å². The normalized spacial score (nSPS) is 25.9. The quantitative estimate of drug-likeness (QED) is 0.610. The summed E-state index contributed by atoms with van der Waals surface area (Å²) in [7, 11) is 1.49. The second-order valence-electron chi connectivity index (χ2n) is 4.16. The number of amides is 2. The minimum Gasteiger partial charge on any atom is -0.396 e. The molecule has 1 fully saturated rings. The molecule has 0 aliphatic carbocycles. The van der Waals surface area contributed by atoms with Crippen LogP contribution in [0, 0.1) is 5.92 Å². The summed E-state index contributed by atoms with van der Waals surface area (Å²) in [4.78, 5) is 23.9. The molecule has 5 heteroatoms. The van der Waals surface area contributed by atoms with Gasteiger partial charge in [-0.2, -0.15) is 0 Å². The van der Waals surface area contributed by atoms with Crippen molar-refractivity contribution < 1.29 is 14.7 Å². The molecule has 0 aromatic rings. The van der Waals surface area contributed by atoms with Gasteiger partial charge in [-0.25, -0.2) is 0 Å². The van der Waals surface area contributed by atoms with Crippen molar-refractivity contribution in [2.24, 2.45) is 5.92 Å². The second kappa shape index (κ2) is 4.72. The Bertz CT molecular complexity index is 267. The van der Waals surface area contributed by atoms with Crippen LogP contribution in [0.2, 0.25) is 0 Å². The van der Waals surface area contributed by atoms with Crippen LogP contribution in [0.5, 0.6) is 0 Å². The molecule has 2 N–H and O–H groups in total. The predicted molar refractivity (Wildman–Crippen MR) is 55.0 cm³/mol. The predicted octanol–water partition coefficient (Wildman–Crippen LogP) is -0.650. The van der Waals surface area contributed by atoms with Crippen molar-refractivity contribution in [2.45, 2.75) is 32.4 Å². The lowest BCUT2D eigenvalue weighted by atomic mass is 10.0. The van der Waals surface area contributed by atoms with E-state index in [1.165, 1.54) is 7.05 Å². The Labute approximate surface area is 89.4 Å². The van der Waals surface area contributed by atoms with Crippen LogP contribution in [-0.2, 0) is 9.59 Å². The summed E-state index contributed by atoms with van der Waals surface area (Å²) >= 11 is 0. The minimum absolute atomic E-state index is 0.0169. The number of hydrogen-bond acceptors (Lipinski definition) is 4. The fourth-order valence-electron chi connectivity index (χ4n) is 1.53. The third-order valence-electron chi connectivity index (χ3n) is 2.99. The molecule has 1 saturated heterocycles. The van der Waals surface area contributed by atoms with E-state index in [0.29, 0.717) is 0 Å². The van der Waals surface area contributed by atoms with Crippen molar-refractivity contribution in [3.05, 3.63) is 0 Å². The Balaban J connectivity index is 2.53. The summed E-state index contributed by atoms with van der Waals surface area (Å²) < 4.78 is 0. The van der Waals surface area contributed by atoms with E-state index in [9.17, 15) is 9.59 Å². The van der Waals surface area contributed by atoms with Gasteiger partial charge in [-0.15, -0.1) is 0 Å². The van der Waals surface area contributed by atoms with Crippen LogP contribution in [0.25, 0.3) is 0 Å². The Hall–Kier alpha value is -0.940. The molecule has 1 aliphatic rings. The van der Waals surface area contributed by atoms with Gasteiger partial charge >= 0.3 is 0 Å². The summed E-state index contributed by atoms with van der Waals surface area (Å²) in [6.45, 7) is 3.86. The smallest absolute Gasteiger partial charge is 0.246 e. The number of carbonyl (C=O) groups excluding carboxylic acids is 2. The molecule has 2 amide bonds. The third-order valence-corrected chi connectivity index (χ3v) is 2.99. The van der Waals surface area contributed by atoms with Gasteiger partial charge in [-0.1, -0.05) is 6.92 Å². The number of aliphatic hydroxyl groups excluding tert-OH is 1. The average Bonchev–Trinajstić information content (AvgIpc) is 2.45. The lowest BCUT2D eigenvalue weighted by Gasteiger charge is -2.22. The number of carbonyl (C=O) groups is 2. The standard InChI is InChI=1S/C10H18N2O3/c1-6(5-13)7(2)11-8-4-9(14)12(3)10(8)15/h6-8,11,13H,4-5H2,1-3H3. The first-order chi connectivity index (χ1) is 6.97. The lowest BCUT2D eigenvalue weighted by Crippen LogP contribution is -2.45. The summed E-state index contributed by atoms with van der Waals surface area (Å²) in [5, 5.41) is 12.0. The zero-order chi connectivity index (χ0) is 11.6. The third kappa shape index (κ3) is 2.54. The van der Waals surface area contributed by atoms with E-state index < -0.39 is 6.04 Å². The average molecular weight is 214 g/mol. The van der Waals surface area contributed by atoms with E-state index in [0.717, 1.165) is 4.90 Å². The molecule has 15 heavy (non-hydrogen) atoms. The SMILES string of the molecule is CC(CO)C(C)NC1CC(=O)N(C)C1=O. The van der Waals surface area contributed by atoms with E-state index in [1.54, 1.807) is 0 Å². The van der Waals surface area contributed by atoms with Crippen molar-refractivity contribution in [1.82, 2.24) is 10.2 Å². The molecule has 0 aromatic carbocycles. The number of aliphatic hydroxyl groups is 1. The molecule has 5 nitrogen and oxygen atoms in total. The number of rotatable bonds is 4. The second-order valence-corrected chi connectivity index (χ2v) is 4.16. The largest absolute Gasteiger partial charge is 0.396 e. The Morgan fingerprint density at radius 3 is 2.53 bits per heavy atom. The van der Waals surface area contributed by atoms with Crippen molar-refractivity contribution in [3.63, 3.8) is 0 Å². The Morgan fingerprint density at radius 2 is 2.13 bits per heavy atom. The molecule has 3 atom stereocenters. The molecule has 0 saturated carbocycles. The van der Waals surface area contributed by atoms with Gasteiger partial charge in [0.25, 0.3) is 0 Å². The minimum atomic E-state index is -0.425. The summed E-state index contributed by atoms with van der Waals surface area (Å²) in [6, 6.07) is -0.408. The highest BCUT2D eigenvalue weighted by Crippen LogP contribution is 2.13. The Morgan fingerprint density at radius 1 is 1.53 bits per heavy atom. The monoisotopic (exact) mass is 214 g/mol. The van der Waals surface area contributed by atoms with Crippen molar-refractivity contribution in [1.29, 1.82) is 0 Å². The highest BCUT2D eigenvalue weighted by molar-refractivity contribution is 6.05. The fraction of sp³-hybridized carbons (Fsp3) is 0.800. The molecular formula is C10H18N2O3. The van der Waals surface area contributed by atoms with Gasteiger partial charge in [-0.3, -0.25) is 14.5 Å². The van der Waals surface area contributed by atoms with E-state index in [4.69, 9.17) is 5.11 Å². The number of nitrogens with one attached hydrogen (secondary N) is 1. The van der Waals surface area contributed by atoms with E-state index in [-0.39, 0.29) is 36.8 Å². The Kier molecular flexibility index (Phi) is 3.82. The number of imide groups is 1. The number of hydrogen-bond donors (Lipinski definition) is 2. The van der Waals surface area contributed by atoms with Gasteiger partial charge in [0.2, 0.25) is 11.8 Å². The first kappa shape index (κ1) is 12.1. The molecular weight excluding hydrogens is 196 g/mol. The summed E-state index contributed by atoms with van der Waals surface area (Å²) in [6.07, 6.45) is 0.220. The topological polar surface area (TPSA) is 69.6 Å². The van der Waals surface area contributed by atoms with Crippen LogP contribution in [-0.4, -0.2) is 47.6 Å². The van der Waals surface area contributed by atoms with Gasteiger partial charge in [-0.05, 0) is 12.8 Å². The number of likely N-dealkylation sites (tertiary alicyclic amines) is 1. The molecule has 0 bridgehead atoms. The maximum Gasteiger partial charge on any atom is 0.246 e. The highest BCUT2D eigenvalue weighted by Gasteiger charge is 2.36. The molecule has 0 aromatic heterocycles. The molecule has 0 spiro atoms. The maximum atomic E-state index is 11.5. The first-order valence-corrected chi connectivity index (χ1v) is 5.14. The van der Waals surface area contributed by atoms with Crippen LogP contribution in [0.1, 0.15) is 20.3 Å². The summed E-state index contributed by atoms with van der Waals surface area (Å²) in [5.74, 6) is -0.267. The molecule has 3 unspecified atom stereocenters. The molecule has 1 heterocycles. The molecule has 0 radical (unpaired) electrons. The van der Waals surface area contributed by atoms with Crippen LogP contribution in [0.15, 0.2) is 0 Å². The van der Waals surface area contributed by atoms with Crippen LogP contribution in [0.4, 0.5) is 0 Å². The van der Waals surface area contributed by atoms with Crippen LogP contribution in [0.3, 0.4) is 0 Å². The van der Waals surface area contributed by atoms with Gasteiger partial charge in [0.15, 0.2) is 0 Å². The van der Waals surface area contributed by atoms with E-state index in [2.05, 4.69) is 5.32 Å². The van der Waals surface area contributed by atoms with Crippen molar-refractivity contribution >= 4 is 11.8 Å². The fourth-order valence-corrected chi connectivity index (χ4v) is 1.53. The molecule has 1 aliphatic heterocycles.